The summed E-state index contributed by atoms with van der Waals surface area (Å²) in [5.74, 6) is 0.474. The number of benzene rings is 1. The number of anilines is 1. The highest BCUT2D eigenvalue weighted by atomic mass is 16.6. The molecule has 0 radical (unpaired) electrons. The van der Waals surface area contributed by atoms with E-state index in [9.17, 15) is 4.79 Å². The molecule has 5 heteroatoms. The molecule has 0 saturated carbocycles. The number of nitrogens with zero attached hydrogens (tertiary/aromatic N) is 2. The van der Waals surface area contributed by atoms with Gasteiger partial charge in [-0.15, -0.1) is 0 Å². The lowest BCUT2D eigenvalue weighted by Crippen LogP contribution is -2.23. The summed E-state index contributed by atoms with van der Waals surface area (Å²) in [6, 6.07) is 9.24. The highest BCUT2D eigenvalue weighted by molar-refractivity contribution is 5.89. The Kier molecular flexibility index (Phi) is 4.75. The molecule has 0 aliphatic rings. The summed E-state index contributed by atoms with van der Waals surface area (Å²) < 4.78 is 5.33. The second-order valence-electron chi connectivity index (χ2n) is 6.10. The van der Waals surface area contributed by atoms with Crippen LogP contribution in [0.5, 0.6) is 0 Å². The first-order valence-corrected chi connectivity index (χ1v) is 7.18. The molecule has 22 heavy (non-hydrogen) atoms. The van der Waals surface area contributed by atoms with Gasteiger partial charge in [0.2, 0.25) is 0 Å². The molecule has 0 bridgehead atoms. The molecule has 0 amide bonds. The van der Waals surface area contributed by atoms with Crippen molar-refractivity contribution >= 4 is 11.8 Å². The summed E-state index contributed by atoms with van der Waals surface area (Å²) in [5, 5.41) is 3.22. The first kappa shape index (κ1) is 15.9. The Labute approximate surface area is 130 Å². The van der Waals surface area contributed by atoms with Crippen molar-refractivity contribution in [3.8, 4) is 0 Å². The molecule has 1 aromatic heterocycles. The highest BCUT2D eigenvalue weighted by Gasteiger charge is 2.17. The Morgan fingerprint density at radius 2 is 1.86 bits per heavy atom. The van der Waals surface area contributed by atoms with E-state index < -0.39 is 5.60 Å². The maximum Gasteiger partial charge on any atom is 0.338 e. The molecule has 1 N–H and O–H groups in total. The van der Waals surface area contributed by atoms with Gasteiger partial charge in [0.15, 0.2) is 0 Å². The molecule has 0 fully saturated rings. The van der Waals surface area contributed by atoms with Crippen LogP contribution in [0.1, 0.15) is 42.4 Å². The normalized spacial score (nSPS) is 11.1. The van der Waals surface area contributed by atoms with Crippen molar-refractivity contribution in [1.82, 2.24) is 9.97 Å². The van der Waals surface area contributed by atoms with Gasteiger partial charge in [-0.1, -0.05) is 12.1 Å². The summed E-state index contributed by atoms with van der Waals surface area (Å²) >= 11 is 0. The fourth-order valence-corrected chi connectivity index (χ4v) is 1.84. The second-order valence-corrected chi connectivity index (χ2v) is 6.10. The van der Waals surface area contributed by atoms with Crippen molar-refractivity contribution in [2.75, 3.05) is 5.32 Å². The molecule has 2 rings (SSSR count). The van der Waals surface area contributed by atoms with E-state index in [0.717, 1.165) is 17.1 Å². The molecular weight excluding hydrogens is 278 g/mol. The summed E-state index contributed by atoms with van der Waals surface area (Å²) in [5.41, 5.74) is 2.04. The highest BCUT2D eigenvalue weighted by Crippen LogP contribution is 2.13. The third-order valence-corrected chi connectivity index (χ3v) is 2.87. The van der Waals surface area contributed by atoms with Gasteiger partial charge in [-0.25, -0.2) is 14.8 Å². The molecular formula is C17H21N3O2. The molecule has 116 valence electrons. The smallest absolute Gasteiger partial charge is 0.338 e. The Bertz CT molecular complexity index is 646. The number of aryl methyl sites for hydroxylation is 1. The fourth-order valence-electron chi connectivity index (χ4n) is 1.84. The van der Waals surface area contributed by atoms with Crippen LogP contribution in [0.4, 0.5) is 5.82 Å². The van der Waals surface area contributed by atoms with E-state index in [-0.39, 0.29) is 5.97 Å². The number of aromatic nitrogens is 2. The molecule has 5 nitrogen and oxygen atoms in total. The minimum absolute atomic E-state index is 0.307. The second kappa shape index (κ2) is 6.56. The zero-order valence-corrected chi connectivity index (χ0v) is 13.4. The number of ether oxygens (including phenoxy) is 1. The summed E-state index contributed by atoms with van der Waals surface area (Å²) in [6.45, 7) is 8.11. The lowest BCUT2D eigenvalue weighted by atomic mass is 10.1. The number of esters is 1. The lowest BCUT2D eigenvalue weighted by molar-refractivity contribution is 0.00695. The minimum atomic E-state index is -0.484. The summed E-state index contributed by atoms with van der Waals surface area (Å²) in [7, 11) is 0. The summed E-state index contributed by atoms with van der Waals surface area (Å²) in [4.78, 5) is 20.1. The van der Waals surface area contributed by atoms with Gasteiger partial charge in [0.25, 0.3) is 0 Å². The van der Waals surface area contributed by atoms with Crippen molar-refractivity contribution in [2.45, 2.75) is 39.8 Å². The van der Waals surface area contributed by atoms with Crippen LogP contribution in [-0.4, -0.2) is 21.5 Å². The maximum absolute atomic E-state index is 11.9. The van der Waals surface area contributed by atoms with Crippen LogP contribution in [-0.2, 0) is 11.3 Å². The van der Waals surface area contributed by atoms with Crippen LogP contribution in [0.15, 0.2) is 36.7 Å². The molecule has 0 atom stereocenters. The molecule has 0 aliphatic heterocycles. The van der Waals surface area contributed by atoms with E-state index >= 15 is 0 Å². The van der Waals surface area contributed by atoms with Crippen molar-refractivity contribution in [1.29, 1.82) is 0 Å². The standard InChI is InChI=1S/C17H21N3O2/c1-12-9-15(20-11-19-12)18-10-13-5-7-14(8-6-13)16(21)22-17(2,3)4/h5-9,11H,10H2,1-4H3,(H,18,19,20). The molecule has 0 unspecified atom stereocenters. The number of hydrogen-bond acceptors (Lipinski definition) is 5. The number of rotatable bonds is 4. The largest absolute Gasteiger partial charge is 0.456 e. The van der Waals surface area contributed by atoms with Crippen molar-refractivity contribution in [2.24, 2.45) is 0 Å². The molecule has 2 aromatic rings. The molecule has 0 spiro atoms. The van der Waals surface area contributed by atoms with Crippen LogP contribution in [0, 0.1) is 6.92 Å². The number of carbonyl (C=O) groups is 1. The summed E-state index contributed by atoms with van der Waals surface area (Å²) in [6.07, 6.45) is 1.53. The van der Waals surface area contributed by atoms with Gasteiger partial charge in [-0.2, -0.15) is 0 Å². The predicted octanol–water partition coefficient (Wildman–Crippen LogP) is 3.35. The van der Waals surface area contributed by atoms with Crippen LogP contribution >= 0.6 is 0 Å². The Balaban J connectivity index is 1.96. The number of carbonyl (C=O) groups excluding carboxylic acids is 1. The molecule has 1 aromatic carbocycles. The third-order valence-electron chi connectivity index (χ3n) is 2.87. The molecule has 0 saturated heterocycles. The fraction of sp³-hybridized carbons (Fsp3) is 0.353. The van der Waals surface area contributed by atoms with E-state index in [1.807, 2.05) is 45.9 Å². The van der Waals surface area contributed by atoms with Gasteiger partial charge >= 0.3 is 5.97 Å². The zero-order chi connectivity index (χ0) is 16.2. The first-order chi connectivity index (χ1) is 10.3. The van der Waals surface area contributed by atoms with Crippen molar-refractivity contribution in [3.05, 3.63) is 53.5 Å². The molecule has 0 aliphatic carbocycles. The van der Waals surface area contributed by atoms with E-state index in [0.29, 0.717) is 12.1 Å². The van der Waals surface area contributed by atoms with Crippen molar-refractivity contribution < 1.29 is 9.53 Å². The van der Waals surface area contributed by atoms with Crippen LogP contribution < -0.4 is 5.32 Å². The van der Waals surface area contributed by atoms with E-state index in [4.69, 9.17) is 4.74 Å². The van der Waals surface area contributed by atoms with Gasteiger partial charge in [0.1, 0.15) is 17.7 Å². The zero-order valence-electron chi connectivity index (χ0n) is 13.4. The topological polar surface area (TPSA) is 64.1 Å². The minimum Gasteiger partial charge on any atom is -0.456 e. The van der Waals surface area contributed by atoms with Gasteiger partial charge in [0, 0.05) is 18.3 Å². The predicted molar refractivity (Wildman–Crippen MR) is 85.7 cm³/mol. The number of hydrogen-bond donors (Lipinski definition) is 1. The van der Waals surface area contributed by atoms with E-state index in [1.165, 1.54) is 6.33 Å². The van der Waals surface area contributed by atoms with Crippen LogP contribution in [0.2, 0.25) is 0 Å². The van der Waals surface area contributed by atoms with Gasteiger partial charge in [-0.3, -0.25) is 0 Å². The average Bonchev–Trinajstić information content (AvgIpc) is 2.44. The van der Waals surface area contributed by atoms with Crippen LogP contribution in [0.25, 0.3) is 0 Å². The van der Waals surface area contributed by atoms with E-state index in [1.54, 1.807) is 12.1 Å². The number of nitrogens with one attached hydrogen (secondary N) is 1. The van der Waals surface area contributed by atoms with E-state index in [2.05, 4.69) is 15.3 Å². The monoisotopic (exact) mass is 299 g/mol. The van der Waals surface area contributed by atoms with Gasteiger partial charge < -0.3 is 10.1 Å². The lowest BCUT2D eigenvalue weighted by Gasteiger charge is -2.19. The van der Waals surface area contributed by atoms with Gasteiger partial charge in [-0.05, 0) is 45.4 Å². The third kappa shape index (κ3) is 4.84. The SMILES string of the molecule is Cc1cc(NCc2ccc(C(=O)OC(C)(C)C)cc2)ncn1. The van der Waals surface area contributed by atoms with Crippen molar-refractivity contribution in [3.63, 3.8) is 0 Å². The first-order valence-electron chi connectivity index (χ1n) is 7.18. The molecule has 1 heterocycles. The van der Waals surface area contributed by atoms with Crippen LogP contribution in [0.3, 0.4) is 0 Å². The Hall–Kier alpha value is -2.43. The quantitative estimate of drug-likeness (QED) is 0.877. The Morgan fingerprint density at radius 3 is 2.45 bits per heavy atom. The average molecular weight is 299 g/mol. The van der Waals surface area contributed by atoms with Gasteiger partial charge in [0.05, 0.1) is 5.56 Å². The maximum atomic E-state index is 11.9. The Morgan fingerprint density at radius 1 is 1.18 bits per heavy atom.